The average Bonchev–Trinajstić information content (AvgIpc) is 2.69. The third-order valence-electron chi connectivity index (χ3n) is 4.73. The van der Waals surface area contributed by atoms with Crippen molar-refractivity contribution in [2.75, 3.05) is 25.5 Å². The maximum absolute atomic E-state index is 12.6. The number of nitrogens with zero attached hydrogens (tertiary/aromatic N) is 1. The van der Waals surface area contributed by atoms with Gasteiger partial charge in [-0.2, -0.15) is 0 Å². The number of carbonyl (C=O) groups excluding carboxylic acids is 2. The molecular formula is C21H24N2O3. The fourth-order valence-electron chi connectivity index (χ4n) is 3.31. The van der Waals surface area contributed by atoms with Crippen molar-refractivity contribution in [2.45, 2.75) is 19.3 Å². The van der Waals surface area contributed by atoms with E-state index in [0.29, 0.717) is 30.9 Å². The fraction of sp³-hybridized carbons (Fsp3) is 0.333. The molecule has 5 heteroatoms. The molecule has 0 unspecified atom stereocenters. The van der Waals surface area contributed by atoms with E-state index in [2.05, 4.69) is 5.32 Å². The number of Topliss-reactive ketones (excluding diaryl/α,β-unsaturated/α-hetero) is 1. The summed E-state index contributed by atoms with van der Waals surface area (Å²) in [7, 11) is 1.57. The van der Waals surface area contributed by atoms with Gasteiger partial charge in [0.25, 0.3) is 0 Å². The molecule has 1 aliphatic heterocycles. The van der Waals surface area contributed by atoms with Gasteiger partial charge in [0.15, 0.2) is 0 Å². The highest BCUT2D eigenvalue weighted by molar-refractivity contribution is 5.92. The van der Waals surface area contributed by atoms with Crippen molar-refractivity contribution >= 4 is 17.5 Å². The van der Waals surface area contributed by atoms with E-state index in [1.807, 2.05) is 42.5 Å². The standard InChI is InChI=1S/C21H24N2O3/c1-26-20-12-6-5-11-18(20)22-21(25)23-13-7-10-17(15-23)19(24)14-16-8-3-2-4-9-16/h2-6,8-9,11-12,17H,7,10,13-15H2,1H3,(H,22,25)/t17-/m1/s1. The van der Waals surface area contributed by atoms with Crippen LogP contribution in [0.4, 0.5) is 10.5 Å². The zero-order chi connectivity index (χ0) is 18.4. The van der Waals surface area contributed by atoms with Gasteiger partial charge in [0.2, 0.25) is 0 Å². The number of benzene rings is 2. The molecule has 1 N–H and O–H groups in total. The number of nitrogens with one attached hydrogen (secondary N) is 1. The van der Waals surface area contributed by atoms with Gasteiger partial charge in [0.1, 0.15) is 11.5 Å². The van der Waals surface area contributed by atoms with Crippen molar-refractivity contribution in [3.8, 4) is 5.75 Å². The molecule has 1 heterocycles. The zero-order valence-corrected chi connectivity index (χ0v) is 15.0. The number of rotatable bonds is 5. The number of amides is 2. The first-order chi connectivity index (χ1) is 12.7. The maximum Gasteiger partial charge on any atom is 0.321 e. The van der Waals surface area contributed by atoms with Crippen molar-refractivity contribution in [3.63, 3.8) is 0 Å². The van der Waals surface area contributed by atoms with Gasteiger partial charge in [0.05, 0.1) is 12.8 Å². The number of likely N-dealkylation sites (tertiary alicyclic amines) is 1. The Kier molecular flexibility index (Phi) is 5.89. The van der Waals surface area contributed by atoms with E-state index < -0.39 is 0 Å². The summed E-state index contributed by atoms with van der Waals surface area (Å²) in [5.74, 6) is 0.716. The highest BCUT2D eigenvalue weighted by atomic mass is 16.5. The van der Waals surface area contributed by atoms with Crippen molar-refractivity contribution in [1.29, 1.82) is 0 Å². The second kappa shape index (κ2) is 8.52. The van der Waals surface area contributed by atoms with Crippen LogP contribution in [-0.4, -0.2) is 36.9 Å². The number of para-hydroxylation sites is 2. The predicted octanol–water partition coefficient (Wildman–Crippen LogP) is 3.75. The minimum absolute atomic E-state index is 0.104. The summed E-state index contributed by atoms with van der Waals surface area (Å²) in [6, 6.07) is 16.9. The number of urea groups is 1. The first kappa shape index (κ1) is 18.0. The molecule has 0 spiro atoms. The number of anilines is 1. The largest absolute Gasteiger partial charge is 0.495 e. The smallest absolute Gasteiger partial charge is 0.321 e. The van der Waals surface area contributed by atoms with Crippen LogP contribution in [0.1, 0.15) is 18.4 Å². The molecule has 0 radical (unpaired) electrons. The van der Waals surface area contributed by atoms with Gasteiger partial charge >= 0.3 is 6.03 Å². The van der Waals surface area contributed by atoms with Crippen LogP contribution in [0.5, 0.6) is 5.75 Å². The average molecular weight is 352 g/mol. The summed E-state index contributed by atoms with van der Waals surface area (Å²) < 4.78 is 5.27. The van der Waals surface area contributed by atoms with Crippen LogP contribution in [0.15, 0.2) is 54.6 Å². The molecule has 2 amide bonds. The predicted molar refractivity (Wildman–Crippen MR) is 101 cm³/mol. The van der Waals surface area contributed by atoms with Crippen molar-refractivity contribution in [1.82, 2.24) is 4.90 Å². The number of hydrogen-bond donors (Lipinski definition) is 1. The number of piperidine rings is 1. The summed E-state index contributed by atoms with van der Waals surface area (Å²) in [5.41, 5.74) is 1.66. The molecule has 1 fully saturated rings. The summed E-state index contributed by atoms with van der Waals surface area (Å²) >= 11 is 0. The lowest BCUT2D eigenvalue weighted by Crippen LogP contribution is -2.44. The van der Waals surface area contributed by atoms with Crippen LogP contribution >= 0.6 is 0 Å². The van der Waals surface area contributed by atoms with Gasteiger partial charge in [-0.15, -0.1) is 0 Å². The molecule has 2 aromatic carbocycles. The molecule has 26 heavy (non-hydrogen) atoms. The highest BCUT2D eigenvalue weighted by Gasteiger charge is 2.28. The van der Waals surface area contributed by atoms with Gasteiger partial charge < -0.3 is 15.0 Å². The van der Waals surface area contributed by atoms with Crippen LogP contribution in [0.3, 0.4) is 0 Å². The number of ketones is 1. The quantitative estimate of drug-likeness (QED) is 0.891. The van der Waals surface area contributed by atoms with Gasteiger partial charge in [-0.05, 0) is 30.5 Å². The summed E-state index contributed by atoms with van der Waals surface area (Å²) in [6.45, 7) is 1.13. The summed E-state index contributed by atoms with van der Waals surface area (Å²) in [4.78, 5) is 27.0. The lowest BCUT2D eigenvalue weighted by atomic mass is 9.90. The van der Waals surface area contributed by atoms with Gasteiger partial charge in [-0.3, -0.25) is 4.79 Å². The van der Waals surface area contributed by atoms with E-state index >= 15 is 0 Å². The molecule has 0 aromatic heterocycles. The lowest BCUT2D eigenvalue weighted by Gasteiger charge is -2.32. The number of methoxy groups -OCH3 is 1. The Hall–Kier alpha value is -2.82. The van der Waals surface area contributed by atoms with E-state index in [1.165, 1.54) is 0 Å². The van der Waals surface area contributed by atoms with Crippen LogP contribution in [-0.2, 0) is 11.2 Å². The van der Waals surface area contributed by atoms with Gasteiger partial charge in [-0.25, -0.2) is 4.79 Å². The van der Waals surface area contributed by atoms with E-state index in [9.17, 15) is 9.59 Å². The molecule has 5 nitrogen and oxygen atoms in total. The minimum atomic E-state index is -0.188. The Balaban J connectivity index is 1.60. The first-order valence-corrected chi connectivity index (χ1v) is 8.93. The molecule has 2 aromatic rings. The monoisotopic (exact) mass is 352 g/mol. The number of ether oxygens (including phenoxy) is 1. The lowest BCUT2D eigenvalue weighted by molar-refractivity contribution is -0.123. The molecule has 1 saturated heterocycles. The van der Waals surface area contributed by atoms with E-state index in [1.54, 1.807) is 24.1 Å². The molecule has 136 valence electrons. The molecular weight excluding hydrogens is 328 g/mol. The molecule has 0 bridgehead atoms. The summed E-state index contributed by atoms with van der Waals surface area (Å²) in [5, 5.41) is 2.89. The third-order valence-corrected chi connectivity index (χ3v) is 4.73. The molecule has 0 saturated carbocycles. The zero-order valence-electron chi connectivity index (χ0n) is 15.0. The molecule has 1 atom stereocenters. The van der Waals surface area contributed by atoms with E-state index in [4.69, 9.17) is 4.74 Å². The third kappa shape index (κ3) is 4.42. The maximum atomic E-state index is 12.6. The van der Waals surface area contributed by atoms with Crippen molar-refractivity contribution < 1.29 is 14.3 Å². The topological polar surface area (TPSA) is 58.6 Å². The number of carbonyl (C=O) groups is 2. The first-order valence-electron chi connectivity index (χ1n) is 8.93. The number of hydrogen-bond acceptors (Lipinski definition) is 3. The second-order valence-corrected chi connectivity index (χ2v) is 6.54. The summed E-state index contributed by atoms with van der Waals surface area (Å²) in [6.07, 6.45) is 2.10. The van der Waals surface area contributed by atoms with E-state index in [0.717, 1.165) is 18.4 Å². The highest BCUT2D eigenvalue weighted by Crippen LogP contribution is 2.25. The Morgan fingerprint density at radius 2 is 1.85 bits per heavy atom. The fourth-order valence-corrected chi connectivity index (χ4v) is 3.31. The van der Waals surface area contributed by atoms with Crippen LogP contribution in [0.25, 0.3) is 0 Å². The second-order valence-electron chi connectivity index (χ2n) is 6.54. The normalized spacial score (nSPS) is 16.8. The van der Waals surface area contributed by atoms with Crippen LogP contribution in [0, 0.1) is 5.92 Å². The molecule has 3 rings (SSSR count). The van der Waals surface area contributed by atoms with Gasteiger partial charge in [0, 0.05) is 25.4 Å². The Bertz CT molecular complexity index is 761. The van der Waals surface area contributed by atoms with Crippen molar-refractivity contribution in [3.05, 3.63) is 60.2 Å². The molecule has 1 aliphatic rings. The van der Waals surface area contributed by atoms with E-state index in [-0.39, 0.29) is 17.7 Å². The van der Waals surface area contributed by atoms with Crippen LogP contribution in [0.2, 0.25) is 0 Å². The Morgan fingerprint density at radius 1 is 1.12 bits per heavy atom. The Morgan fingerprint density at radius 3 is 2.62 bits per heavy atom. The van der Waals surface area contributed by atoms with Gasteiger partial charge in [-0.1, -0.05) is 42.5 Å². The van der Waals surface area contributed by atoms with Crippen LogP contribution < -0.4 is 10.1 Å². The Labute approximate surface area is 154 Å². The molecule has 0 aliphatic carbocycles. The SMILES string of the molecule is COc1ccccc1NC(=O)N1CCC[C@@H](C(=O)Cc2ccccc2)C1. The minimum Gasteiger partial charge on any atom is -0.495 e. The van der Waals surface area contributed by atoms with Crippen molar-refractivity contribution in [2.24, 2.45) is 5.92 Å².